The van der Waals surface area contributed by atoms with Gasteiger partial charge in [0.05, 0.1) is 5.97 Å². The van der Waals surface area contributed by atoms with Crippen LogP contribution < -0.4 is 5.11 Å². The molecule has 0 N–H and O–H groups in total. The highest BCUT2D eigenvalue weighted by Crippen LogP contribution is 2.33. The fraction of sp³-hybridized carbons (Fsp3) is 0.0500. The van der Waals surface area contributed by atoms with Crippen molar-refractivity contribution in [3.63, 3.8) is 0 Å². The molecule has 0 heterocycles. The summed E-state index contributed by atoms with van der Waals surface area (Å²) in [5, 5.41) is 11.5. The molecule has 0 aliphatic heterocycles. The normalized spacial score (nSPS) is 10.6. The summed E-state index contributed by atoms with van der Waals surface area (Å²) < 4.78 is 0. The maximum absolute atomic E-state index is 11.5. The van der Waals surface area contributed by atoms with E-state index in [4.69, 9.17) is 0 Å². The SMILES string of the molecule is O=C([O-])c1ccccc1C(c1ccccc1)c1ccccc1. The predicted octanol–water partition coefficient (Wildman–Crippen LogP) is 3.23. The molecule has 0 spiro atoms. The van der Waals surface area contributed by atoms with Crippen LogP contribution in [0.3, 0.4) is 0 Å². The van der Waals surface area contributed by atoms with Gasteiger partial charge in [0, 0.05) is 11.5 Å². The first kappa shape index (κ1) is 14.1. The number of benzene rings is 3. The van der Waals surface area contributed by atoms with Crippen LogP contribution in [-0.2, 0) is 0 Å². The topological polar surface area (TPSA) is 40.1 Å². The Labute approximate surface area is 129 Å². The van der Waals surface area contributed by atoms with Crippen LogP contribution in [0.1, 0.15) is 33.0 Å². The summed E-state index contributed by atoms with van der Waals surface area (Å²) in [5.41, 5.74) is 3.10. The molecule has 0 aromatic heterocycles. The van der Waals surface area contributed by atoms with Crippen LogP contribution in [0.2, 0.25) is 0 Å². The Bertz CT molecular complexity index is 724. The van der Waals surface area contributed by atoms with Gasteiger partial charge in [-0.3, -0.25) is 0 Å². The van der Waals surface area contributed by atoms with Crippen molar-refractivity contribution in [1.82, 2.24) is 0 Å². The molecular formula is C20H15O2-. The molecule has 3 aromatic rings. The van der Waals surface area contributed by atoms with Crippen molar-refractivity contribution in [3.05, 3.63) is 107 Å². The first-order valence-corrected chi connectivity index (χ1v) is 7.17. The number of carbonyl (C=O) groups excluding carboxylic acids is 1. The average molecular weight is 287 g/mol. The number of carboxylic acid groups (broad SMARTS) is 1. The molecule has 0 amide bonds. The van der Waals surface area contributed by atoms with Gasteiger partial charge in [-0.05, 0) is 16.7 Å². The summed E-state index contributed by atoms with van der Waals surface area (Å²) in [5.74, 6) is -1.27. The summed E-state index contributed by atoms with van der Waals surface area (Å²) in [7, 11) is 0. The van der Waals surface area contributed by atoms with E-state index in [2.05, 4.69) is 0 Å². The van der Waals surface area contributed by atoms with Gasteiger partial charge in [0.15, 0.2) is 0 Å². The second-order valence-corrected chi connectivity index (χ2v) is 5.13. The Morgan fingerprint density at radius 1 is 0.682 bits per heavy atom. The third-order valence-corrected chi connectivity index (χ3v) is 3.76. The van der Waals surface area contributed by atoms with E-state index in [0.717, 1.165) is 16.7 Å². The molecule has 0 unspecified atom stereocenters. The first-order chi connectivity index (χ1) is 10.8. The zero-order valence-electron chi connectivity index (χ0n) is 12.0. The maximum atomic E-state index is 11.5. The molecule has 0 saturated carbocycles. The van der Waals surface area contributed by atoms with Crippen LogP contribution >= 0.6 is 0 Å². The van der Waals surface area contributed by atoms with E-state index in [1.165, 1.54) is 0 Å². The van der Waals surface area contributed by atoms with Crippen LogP contribution in [0.15, 0.2) is 84.9 Å². The number of hydrogen-bond acceptors (Lipinski definition) is 2. The Hall–Kier alpha value is -2.87. The highest BCUT2D eigenvalue weighted by molar-refractivity contribution is 5.88. The molecule has 3 aromatic carbocycles. The lowest BCUT2D eigenvalue weighted by atomic mass is 9.83. The minimum atomic E-state index is -1.15. The molecule has 0 aliphatic carbocycles. The lowest BCUT2D eigenvalue weighted by molar-refractivity contribution is -0.255. The van der Waals surface area contributed by atoms with Gasteiger partial charge in [-0.25, -0.2) is 0 Å². The summed E-state index contributed by atoms with van der Waals surface area (Å²) >= 11 is 0. The van der Waals surface area contributed by atoms with Gasteiger partial charge in [0.2, 0.25) is 0 Å². The van der Waals surface area contributed by atoms with Crippen molar-refractivity contribution in [3.8, 4) is 0 Å². The van der Waals surface area contributed by atoms with Crippen molar-refractivity contribution in [2.75, 3.05) is 0 Å². The van der Waals surface area contributed by atoms with Gasteiger partial charge in [0.1, 0.15) is 0 Å². The zero-order valence-corrected chi connectivity index (χ0v) is 12.0. The highest BCUT2D eigenvalue weighted by atomic mass is 16.4. The monoisotopic (exact) mass is 287 g/mol. The van der Waals surface area contributed by atoms with Crippen molar-refractivity contribution in [2.24, 2.45) is 0 Å². The standard InChI is InChI=1S/C20H16O2/c21-20(22)18-14-8-7-13-17(18)19(15-9-3-1-4-10-15)16-11-5-2-6-12-16/h1-14,19H,(H,21,22)/p-1. The van der Waals surface area contributed by atoms with Crippen LogP contribution in [0, 0.1) is 0 Å². The minimum Gasteiger partial charge on any atom is -0.545 e. The number of rotatable bonds is 4. The second kappa shape index (κ2) is 6.27. The maximum Gasteiger partial charge on any atom is 0.0718 e. The molecule has 3 rings (SSSR count). The number of hydrogen-bond donors (Lipinski definition) is 0. The third kappa shape index (κ3) is 2.77. The minimum absolute atomic E-state index is 0.128. The number of aromatic carboxylic acids is 1. The van der Waals surface area contributed by atoms with Gasteiger partial charge in [-0.1, -0.05) is 84.9 Å². The molecule has 2 heteroatoms. The average Bonchev–Trinajstić information content (AvgIpc) is 2.57. The highest BCUT2D eigenvalue weighted by Gasteiger charge is 2.19. The third-order valence-electron chi connectivity index (χ3n) is 3.76. The fourth-order valence-electron chi connectivity index (χ4n) is 2.78. The molecule has 0 bridgehead atoms. The summed E-state index contributed by atoms with van der Waals surface area (Å²) in [4.78, 5) is 11.5. The van der Waals surface area contributed by atoms with Crippen molar-refractivity contribution in [1.29, 1.82) is 0 Å². The van der Waals surface area contributed by atoms with E-state index in [-0.39, 0.29) is 11.5 Å². The molecule has 2 nitrogen and oxygen atoms in total. The summed E-state index contributed by atoms with van der Waals surface area (Å²) in [6.07, 6.45) is 0. The Morgan fingerprint density at radius 3 is 1.64 bits per heavy atom. The molecular weight excluding hydrogens is 272 g/mol. The summed E-state index contributed by atoms with van der Waals surface area (Å²) in [6, 6.07) is 26.9. The van der Waals surface area contributed by atoms with Gasteiger partial charge < -0.3 is 9.90 Å². The lowest BCUT2D eigenvalue weighted by Crippen LogP contribution is -2.24. The Balaban J connectivity index is 2.21. The van der Waals surface area contributed by atoms with Gasteiger partial charge in [-0.15, -0.1) is 0 Å². The van der Waals surface area contributed by atoms with E-state index in [0.29, 0.717) is 0 Å². The molecule has 0 radical (unpaired) electrons. The zero-order chi connectivity index (χ0) is 15.4. The molecule has 0 aliphatic rings. The van der Waals surface area contributed by atoms with E-state index < -0.39 is 5.97 Å². The Morgan fingerprint density at radius 2 is 1.14 bits per heavy atom. The number of carboxylic acids is 1. The molecule has 22 heavy (non-hydrogen) atoms. The second-order valence-electron chi connectivity index (χ2n) is 5.13. The quantitative estimate of drug-likeness (QED) is 0.691. The van der Waals surface area contributed by atoms with E-state index in [9.17, 15) is 9.90 Å². The van der Waals surface area contributed by atoms with Crippen LogP contribution in [-0.4, -0.2) is 5.97 Å². The smallest absolute Gasteiger partial charge is 0.0718 e. The van der Waals surface area contributed by atoms with Gasteiger partial charge >= 0.3 is 0 Å². The molecule has 0 atom stereocenters. The van der Waals surface area contributed by atoms with Crippen LogP contribution in [0.5, 0.6) is 0 Å². The van der Waals surface area contributed by atoms with E-state index in [1.807, 2.05) is 72.8 Å². The van der Waals surface area contributed by atoms with Crippen LogP contribution in [0.4, 0.5) is 0 Å². The summed E-state index contributed by atoms with van der Waals surface area (Å²) in [6.45, 7) is 0. The van der Waals surface area contributed by atoms with Crippen LogP contribution in [0.25, 0.3) is 0 Å². The van der Waals surface area contributed by atoms with Gasteiger partial charge in [0.25, 0.3) is 0 Å². The van der Waals surface area contributed by atoms with Crippen molar-refractivity contribution < 1.29 is 9.90 Å². The van der Waals surface area contributed by atoms with E-state index in [1.54, 1.807) is 12.1 Å². The van der Waals surface area contributed by atoms with E-state index >= 15 is 0 Å². The first-order valence-electron chi connectivity index (χ1n) is 7.17. The predicted molar refractivity (Wildman–Crippen MR) is 84.6 cm³/mol. The Kier molecular flexibility index (Phi) is 4.01. The fourth-order valence-corrected chi connectivity index (χ4v) is 2.78. The molecule has 0 fully saturated rings. The molecule has 0 saturated heterocycles. The molecule has 108 valence electrons. The lowest BCUT2D eigenvalue weighted by Gasteiger charge is -2.22. The number of carbonyl (C=O) groups is 1. The van der Waals surface area contributed by atoms with Crippen molar-refractivity contribution >= 4 is 5.97 Å². The largest absolute Gasteiger partial charge is 0.545 e. The van der Waals surface area contributed by atoms with Crippen molar-refractivity contribution in [2.45, 2.75) is 5.92 Å². The van der Waals surface area contributed by atoms with Gasteiger partial charge in [-0.2, -0.15) is 0 Å².